The summed E-state index contributed by atoms with van der Waals surface area (Å²) >= 11 is 5.85. The fraction of sp³-hybridized carbons (Fsp3) is 0.0476. The monoisotopic (exact) mass is 407 g/mol. The molecule has 29 heavy (non-hydrogen) atoms. The third-order valence-electron chi connectivity index (χ3n) is 4.07. The van der Waals surface area contributed by atoms with E-state index in [2.05, 4.69) is 5.10 Å². The molecule has 0 saturated carbocycles. The number of methoxy groups -OCH3 is 1. The van der Waals surface area contributed by atoms with Crippen molar-refractivity contribution in [2.75, 3.05) is 7.11 Å². The molecule has 3 rings (SSSR count). The van der Waals surface area contributed by atoms with Gasteiger partial charge in [-0.1, -0.05) is 35.9 Å². The van der Waals surface area contributed by atoms with Crippen LogP contribution >= 0.6 is 11.6 Å². The van der Waals surface area contributed by atoms with E-state index in [1.807, 2.05) is 0 Å². The normalized spacial score (nSPS) is 10.7. The number of nitrogens with zero attached hydrogens (tertiary/aromatic N) is 3. The van der Waals surface area contributed by atoms with Gasteiger partial charge in [-0.3, -0.25) is 4.79 Å². The highest BCUT2D eigenvalue weighted by atomic mass is 35.5. The van der Waals surface area contributed by atoms with Gasteiger partial charge < -0.3 is 9.84 Å². The fourth-order valence-corrected chi connectivity index (χ4v) is 2.74. The molecule has 0 aliphatic carbocycles. The molecule has 0 radical (unpaired) electrons. The summed E-state index contributed by atoms with van der Waals surface area (Å²) in [5.74, 6) is -0.803. The summed E-state index contributed by atoms with van der Waals surface area (Å²) < 4.78 is 5.96. The lowest BCUT2D eigenvalue weighted by molar-refractivity contribution is 0.0688. The summed E-state index contributed by atoms with van der Waals surface area (Å²) in [4.78, 5) is 24.6. The highest BCUT2D eigenvalue weighted by Crippen LogP contribution is 2.18. The Morgan fingerprint density at radius 2 is 1.83 bits per heavy atom. The number of ether oxygens (including phenoxy) is 1. The molecule has 0 amide bonds. The molecule has 1 heterocycles. The van der Waals surface area contributed by atoms with Crippen molar-refractivity contribution in [1.29, 1.82) is 5.26 Å². The lowest BCUT2D eigenvalue weighted by Crippen LogP contribution is -2.28. The SMILES string of the molecule is COc1ccc(-n2nc(C(=O)O)c(/C=C\c3ccc(Cl)cc3)c(C#N)c2=O)cc1. The minimum absolute atomic E-state index is 0.0651. The number of aromatic carboxylic acids is 1. The number of hydrogen-bond donors (Lipinski definition) is 1. The zero-order chi connectivity index (χ0) is 21.0. The maximum atomic E-state index is 12.8. The van der Waals surface area contributed by atoms with Gasteiger partial charge in [-0.05, 0) is 42.0 Å². The Morgan fingerprint density at radius 1 is 1.17 bits per heavy atom. The average Bonchev–Trinajstić information content (AvgIpc) is 2.73. The molecule has 0 bridgehead atoms. The highest BCUT2D eigenvalue weighted by molar-refractivity contribution is 6.30. The van der Waals surface area contributed by atoms with Gasteiger partial charge in [0.25, 0.3) is 5.56 Å². The van der Waals surface area contributed by atoms with Crippen LogP contribution in [0.2, 0.25) is 5.02 Å². The van der Waals surface area contributed by atoms with E-state index in [1.165, 1.54) is 13.2 Å². The Labute approximate surface area is 170 Å². The first-order valence-corrected chi connectivity index (χ1v) is 8.71. The first-order valence-electron chi connectivity index (χ1n) is 8.33. The smallest absolute Gasteiger partial charge is 0.357 e. The molecule has 0 spiro atoms. The van der Waals surface area contributed by atoms with Gasteiger partial charge in [0.05, 0.1) is 12.8 Å². The van der Waals surface area contributed by atoms with Crippen LogP contribution in [0.1, 0.15) is 27.2 Å². The van der Waals surface area contributed by atoms with Crippen molar-refractivity contribution in [2.45, 2.75) is 0 Å². The van der Waals surface area contributed by atoms with Crippen molar-refractivity contribution in [3.63, 3.8) is 0 Å². The maximum Gasteiger partial charge on any atom is 0.357 e. The molecule has 0 atom stereocenters. The summed E-state index contributed by atoms with van der Waals surface area (Å²) in [6, 6.07) is 14.9. The molecule has 0 aliphatic rings. The predicted octanol–water partition coefficient (Wildman–Crippen LogP) is 3.63. The van der Waals surface area contributed by atoms with Crippen molar-refractivity contribution < 1.29 is 14.6 Å². The molecule has 0 fully saturated rings. The molecule has 7 nitrogen and oxygen atoms in total. The van der Waals surface area contributed by atoms with Gasteiger partial charge in [-0.25, -0.2) is 4.79 Å². The third kappa shape index (κ3) is 4.18. The zero-order valence-electron chi connectivity index (χ0n) is 15.2. The minimum atomic E-state index is -1.36. The van der Waals surface area contributed by atoms with Gasteiger partial charge >= 0.3 is 5.97 Å². The van der Waals surface area contributed by atoms with Crippen LogP contribution < -0.4 is 10.3 Å². The molecular weight excluding hydrogens is 394 g/mol. The van der Waals surface area contributed by atoms with Gasteiger partial charge in [-0.15, -0.1) is 0 Å². The standard InChI is InChI=1S/C21H14ClN3O4/c1-29-16-9-7-15(8-10-16)25-20(26)18(12-23)17(19(24-25)21(27)28)11-4-13-2-5-14(22)6-3-13/h2-11H,1H3,(H,27,28)/b11-4-. The van der Waals surface area contributed by atoms with E-state index in [1.54, 1.807) is 60.7 Å². The van der Waals surface area contributed by atoms with Crippen molar-refractivity contribution in [3.05, 3.63) is 86.3 Å². The van der Waals surface area contributed by atoms with Crippen LogP contribution in [0.15, 0.2) is 53.3 Å². The Balaban J connectivity index is 2.17. The topological polar surface area (TPSA) is 105 Å². The summed E-state index contributed by atoms with van der Waals surface area (Å²) in [6.45, 7) is 0. The van der Waals surface area contributed by atoms with Gasteiger partial charge in [-0.2, -0.15) is 15.0 Å². The van der Waals surface area contributed by atoms with Gasteiger partial charge in [0.1, 0.15) is 17.4 Å². The van der Waals surface area contributed by atoms with Crippen LogP contribution in [0.25, 0.3) is 17.8 Å². The Bertz CT molecular complexity index is 1190. The number of nitriles is 1. The Kier molecular flexibility index (Phi) is 5.77. The molecule has 0 aliphatic heterocycles. The molecule has 8 heteroatoms. The highest BCUT2D eigenvalue weighted by Gasteiger charge is 2.21. The second-order valence-corrected chi connectivity index (χ2v) is 6.29. The molecule has 3 aromatic rings. The summed E-state index contributed by atoms with van der Waals surface area (Å²) in [6.07, 6.45) is 2.97. The predicted molar refractivity (Wildman–Crippen MR) is 108 cm³/mol. The Hall–Kier alpha value is -3.89. The maximum absolute atomic E-state index is 12.8. The first kappa shape index (κ1) is 19.9. The zero-order valence-corrected chi connectivity index (χ0v) is 15.9. The van der Waals surface area contributed by atoms with E-state index in [-0.39, 0.29) is 11.1 Å². The van der Waals surface area contributed by atoms with Gasteiger partial charge in [0.15, 0.2) is 5.69 Å². The number of benzene rings is 2. The van der Waals surface area contributed by atoms with Gasteiger partial charge in [0, 0.05) is 10.6 Å². The average molecular weight is 408 g/mol. The number of carboxylic acid groups (broad SMARTS) is 1. The summed E-state index contributed by atoms with van der Waals surface area (Å²) in [5, 5.41) is 23.7. The number of rotatable bonds is 5. The molecule has 0 saturated heterocycles. The third-order valence-corrected chi connectivity index (χ3v) is 4.33. The summed E-state index contributed by atoms with van der Waals surface area (Å²) in [5.41, 5.74) is -0.499. The van der Waals surface area contributed by atoms with Crippen molar-refractivity contribution in [1.82, 2.24) is 9.78 Å². The molecule has 1 aromatic heterocycles. The second-order valence-electron chi connectivity index (χ2n) is 5.85. The number of halogens is 1. The number of hydrogen-bond acceptors (Lipinski definition) is 5. The molecule has 0 unspecified atom stereocenters. The molecule has 2 aromatic carbocycles. The molecular formula is C21H14ClN3O4. The van der Waals surface area contributed by atoms with Crippen molar-refractivity contribution in [3.8, 4) is 17.5 Å². The fourth-order valence-electron chi connectivity index (χ4n) is 2.62. The van der Waals surface area contributed by atoms with E-state index in [9.17, 15) is 20.0 Å². The van der Waals surface area contributed by atoms with Crippen molar-refractivity contribution >= 4 is 29.7 Å². The van der Waals surface area contributed by atoms with Crippen LogP contribution in [-0.2, 0) is 0 Å². The largest absolute Gasteiger partial charge is 0.497 e. The molecule has 1 N–H and O–H groups in total. The second kappa shape index (κ2) is 8.42. The summed E-state index contributed by atoms with van der Waals surface area (Å²) in [7, 11) is 1.50. The van der Waals surface area contributed by atoms with E-state index in [0.29, 0.717) is 22.0 Å². The minimum Gasteiger partial charge on any atom is -0.497 e. The Morgan fingerprint density at radius 3 is 2.38 bits per heavy atom. The van der Waals surface area contributed by atoms with E-state index in [4.69, 9.17) is 16.3 Å². The number of carboxylic acids is 1. The number of carbonyl (C=O) groups is 1. The van der Waals surface area contributed by atoms with Crippen LogP contribution in [0.5, 0.6) is 5.75 Å². The van der Waals surface area contributed by atoms with Gasteiger partial charge in [0.2, 0.25) is 0 Å². The van der Waals surface area contributed by atoms with Crippen LogP contribution in [0.3, 0.4) is 0 Å². The molecule has 144 valence electrons. The van der Waals surface area contributed by atoms with Crippen LogP contribution in [-0.4, -0.2) is 28.0 Å². The van der Waals surface area contributed by atoms with Crippen LogP contribution in [0.4, 0.5) is 0 Å². The van der Waals surface area contributed by atoms with Crippen LogP contribution in [0, 0.1) is 11.3 Å². The van der Waals surface area contributed by atoms with E-state index < -0.39 is 17.2 Å². The number of aromatic nitrogens is 2. The first-order chi connectivity index (χ1) is 13.9. The van der Waals surface area contributed by atoms with E-state index in [0.717, 1.165) is 4.68 Å². The lowest BCUT2D eigenvalue weighted by atomic mass is 10.1. The lowest BCUT2D eigenvalue weighted by Gasteiger charge is -2.10. The van der Waals surface area contributed by atoms with Crippen molar-refractivity contribution in [2.24, 2.45) is 0 Å². The quantitative estimate of drug-likeness (QED) is 0.692. The van der Waals surface area contributed by atoms with E-state index >= 15 is 0 Å².